The zero-order valence-corrected chi connectivity index (χ0v) is 23.8. The highest BCUT2D eigenvalue weighted by Gasteiger charge is 2.47. The van der Waals surface area contributed by atoms with E-state index in [1.165, 1.54) is 0 Å². The van der Waals surface area contributed by atoms with Gasteiger partial charge in [-0.15, -0.1) is 0 Å². The van der Waals surface area contributed by atoms with E-state index < -0.39 is 5.92 Å². The summed E-state index contributed by atoms with van der Waals surface area (Å²) in [5.41, 5.74) is 3.17. The van der Waals surface area contributed by atoms with Crippen molar-refractivity contribution in [1.82, 2.24) is 0 Å². The van der Waals surface area contributed by atoms with Crippen LogP contribution >= 0.6 is 11.6 Å². The fourth-order valence-electron chi connectivity index (χ4n) is 5.78. The van der Waals surface area contributed by atoms with Gasteiger partial charge < -0.3 is 14.8 Å². The van der Waals surface area contributed by atoms with Crippen molar-refractivity contribution in [3.63, 3.8) is 0 Å². The molecular weight excluding hydrogens is 514 g/mol. The number of benzene rings is 2. The molecule has 2 aliphatic carbocycles. The molecule has 2 aromatic carbocycles. The molecule has 204 valence electrons. The molecule has 3 aliphatic rings. The maximum atomic E-state index is 13.4. The van der Waals surface area contributed by atoms with Crippen molar-refractivity contribution in [1.29, 1.82) is 0 Å². The SMILES string of the molecule is Cc1ccc(NC(=O)COc2ccc(C3C4=C(CC(C)(C)CC4=O)OC4=C3C(=O)CC(C)(C)C4)cc2)cc1Cl. The van der Waals surface area contributed by atoms with Crippen LogP contribution in [0.3, 0.4) is 0 Å². The van der Waals surface area contributed by atoms with E-state index in [1.54, 1.807) is 24.3 Å². The van der Waals surface area contributed by atoms with E-state index in [2.05, 4.69) is 33.0 Å². The van der Waals surface area contributed by atoms with Crippen molar-refractivity contribution in [2.75, 3.05) is 11.9 Å². The maximum absolute atomic E-state index is 13.4. The third-order valence-electron chi connectivity index (χ3n) is 7.62. The summed E-state index contributed by atoms with van der Waals surface area (Å²) >= 11 is 6.14. The first kappa shape index (κ1) is 27.2. The number of carbonyl (C=O) groups is 3. The van der Waals surface area contributed by atoms with Crippen LogP contribution in [0, 0.1) is 17.8 Å². The van der Waals surface area contributed by atoms with Crippen molar-refractivity contribution in [3.05, 3.63) is 81.3 Å². The standard InChI is InChI=1S/C32H34ClNO5/c1-18-6-9-20(12-22(18)33)34-27(37)17-38-21-10-7-19(8-11-21)28-29-23(35)13-31(2,3)15-25(29)39-26-16-32(4,5)14-24(36)30(26)28/h6-12,28H,13-17H2,1-5H3,(H,34,37). The van der Waals surface area contributed by atoms with Crippen LogP contribution in [-0.2, 0) is 19.1 Å². The Balaban J connectivity index is 1.38. The molecule has 0 unspecified atom stereocenters. The number of hydrogen-bond acceptors (Lipinski definition) is 5. The normalized spacial score (nSPS) is 20.3. The van der Waals surface area contributed by atoms with Gasteiger partial charge in [-0.1, -0.05) is 57.5 Å². The van der Waals surface area contributed by atoms with Crippen molar-refractivity contribution < 1.29 is 23.9 Å². The van der Waals surface area contributed by atoms with Gasteiger partial charge in [0.25, 0.3) is 5.91 Å². The third-order valence-corrected chi connectivity index (χ3v) is 8.03. The van der Waals surface area contributed by atoms with Gasteiger partial charge in [-0.05, 0) is 53.1 Å². The Labute approximate surface area is 234 Å². The smallest absolute Gasteiger partial charge is 0.262 e. The second kappa shape index (κ2) is 9.98. The molecule has 0 bridgehead atoms. The molecule has 0 saturated carbocycles. The Bertz CT molecular complexity index is 1380. The summed E-state index contributed by atoms with van der Waals surface area (Å²) < 4.78 is 12.1. The molecule has 1 amide bonds. The summed E-state index contributed by atoms with van der Waals surface area (Å²) in [5.74, 6) is 1.20. The van der Waals surface area contributed by atoms with Gasteiger partial charge in [-0.25, -0.2) is 0 Å². The molecule has 0 atom stereocenters. The van der Waals surface area contributed by atoms with Crippen molar-refractivity contribution in [2.45, 2.75) is 66.2 Å². The number of amides is 1. The van der Waals surface area contributed by atoms with Gasteiger partial charge in [0.2, 0.25) is 0 Å². The largest absolute Gasteiger partial charge is 0.484 e. The zero-order valence-electron chi connectivity index (χ0n) is 23.1. The van der Waals surface area contributed by atoms with Gasteiger partial charge >= 0.3 is 0 Å². The first-order valence-electron chi connectivity index (χ1n) is 13.3. The van der Waals surface area contributed by atoms with E-state index in [-0.39, 0.29) is 34.9 Å². The van der Waals surface area contributed by atoms with Crippen LogP contribution in [0.1, 0.15) is 70.4 Å². The fraction of sp³-hybridized carbons (Fsp3) is 0.406. The van der Waals surface area contributed by atoms with E-state index in [1.807, 2.05) is 25.1 Å². The van der Waals surface area contributed by atoms with Crippen LogP contribution in [0.4, 0.5) is 5.69 Å². The Morgan fingerprint density at radius 3 is 2.03 bits per heavy atom. The summed E-state index contributed by atoms with van der Waals surface area (Å²) in [4.78, 5) is 39.3. The number of anilines is 1. The third kappa shape index (κ3) is 5.67. The predicted octanol–water partition coefficient (Wildman–Crippen LogP) is 7.07. The van der Waals surface area contributed by atoms with Crippen LogP contribution in [0.2, 0.25) is 5.02 Å². The van der Waals surface area contributed by atoms with Gasteiger partial charge in [0, 0.05) is 53.5 Å². The zero-order chi connectivity index (χ0) is 28.1. The van der Waals surface area contributed by atoms with Crippen molar-refractivity contribution >= 4 is 34.8 Å². The molecule has 2 aromatic rings. The van der Waals surface area contributed by atoms with E-state index in [0.717, 1.165) is 11.1 Å². The minimum atomic E-state index is -0.459. The Hall–Kier alpha value is -3.38. The fourth-order valence-corrected chi connectivity index (χ4v) is 5.96. The second-order valence-electron chi connectivity index (χ2n) is 12.5. The van der Waals surface area contributed by atoms with E-state index in [4.69, 9.17) is 21.1 Å². The topological polar surface area (TPSA) is 81.7 Å². The number of hydrogen-bond donors (Lipinski definition) is 1. The van der Waals surface area contributed by atoms with Crippen LogP contribution in [0.25, 0.3) is 0 Å². The lowest BCUT2D eigenvalue weighted by Crippen LogP contribution is -2.37. The minimum Gasteiger partial charge on any atom is -0.484 e. The molecule has 1 aliphatic heterocycles. The predicted molar refractivity (Wildman–Crippen MR) is 151 cm³/mol. The summed E-state index contributed by atoms with van der Waals surface area (Å²) in [6.45, 7) is 10.0. The Morgan fingerprint density at radius 2 is 1.49 bits per heavy atom. The molecule has 5 rings (SSSR count). The maximum Gasteiger partial charge on any atom is 0.262 e. The molecule has 6 nitrogen and oxygen atoms in total. The van der Waals surface area contributed by atoms with Gasteiger partial charge in [0.05, 0.1) is 0 Å². The number of allylic oxidation sites excluding steroid dienone is 4. The van der Waals surface area contributed by atoms with Crippen LogP contribution < -0.4 is 10.1 Å². The first-order chi connectivity index (χ1) is 18.3. The van der Waals surface area contributed by atoms with Gasteiger partial charge in [0.15, 0.2) is 18.2 Å². The van der Waals surface area contributed by atoms with E-state index >= 15 is 0 Å². The number of carbonyl (C=O) groups excluding carboxylic acids is 3. The van der Waals surface area contributed by atoms with E-state index in [9.17, 15) is 14.4 Å². The molecule has 0 fully saturated rings. The number of ether oxygens (including phenoxy) is 2. The summed E-state index contributed by atoms with van der Waals surface area (Å²) in [6, 6.07) is 12.6. The highest BCUT2D eigenvalue weighted by atomic mass is 35.5. The molecule has 0 saturated heterocycles. The summed E-state index contributed by atoms with van der Waals surface area (Å²) in [6.07, 6.45) is 2.13. The number of ketones is 2. The van der Waals surface area contributed by atoms with Crippen molar-refractivity contribution in [2.24, 2.45) is 10.8 Å². The van der Waals surface area contributed by atoms with Gasteiger partial charge in [-0.3, -0.25) is 14.4 Å². The van der Waals surface area contributed by atoms with Crippen LogP contribution in [0.5, 0.6) is 5.75 Å². The number of aryl methyl sites for hydroxylation is 1. The first-order valence-corrected chi connectivity index (χ1v) is 13.7. The van der Waals surface area contributed by atoms with Crippen LogP contribution in [-0.4, -0.2) is 24.1 Å². The lowest BCUT2D eigenvalue weighted by Gasteiger charge is -2.42. The molecule has 39 heavy (non-hydrogen) atoms. The van der Waals surface area contributed by atoms with Crippen molar-refractivity contribution in [3.8, 4) is 5.75 Å². The lowest BCUT2D eigenvalue weighted by molar-refractivity contribution is -0.120. The highest BCUT2D eigenvalue weighted by Crippen LogP contribution is 2.53. The van der Waals surface area contributed by atoms with Gasteiger partial charge in [0.1, 0.15) is 17.3 Å². The van der Waals surface area contributed by atoms with E-state index in [0.29, 0.717) is 64.8 Å². The van der Waals surface area contributed by atoms with Gasteiger partial charge in [-0.2, -0.15) is 0 Å². The molecule has 0 aromatic heterocycles. The Kier molecular flexibility index (Phi) is 6.96. The number of nitrogens with one attached hydrogen (secondary N) is 1. The number of rotatable bonds is 5. The summed E-state index contributed by atoms with van der Waals surface area (Å²) in [7, 11) is 0. The molecule has 1 N–H and O–H groups in total. The monoisotopic (exact) mass is 547 g/mol. The highest BCUT2D eigenvalue weighted by molar-refractivity contribution is 6.31. The molecule has 1 heterocycles. The average Bonchev–Trinajstić information content (AvgIpc) is 2.82. The quantitative estimate of drug-likeness (QED) is 0.433. The molecule has 0 spiro atoms. The molecular formula is C32H34ClNO5. The second-order valence-corrected chi connectivity index (χ2v) is 12.9. The molecule has 7 heteroatoms. The summed E-state index contributed by atoms with van der Waals surface area (Å²) in [5, 5.41) is 3.36. The number of Topliss-reactive ketones (excluding diaryl/α,β-unsaturated/α-hetero) is 2. The molecule has 0 radical (unpaired) electrons. The Morgan fingerprint density at radius 1 is 0.923 bits per heavy atom. The lowest BCUT2D eigenvalue weighted by atomic mass is 9.65. The average molecular weight is 548 g/mol. The number of halogens is 1. The van der Waals surface area contributed by atoms with Crippen LogP contribution in [0.15, 0.2) is 65.1 Å². The minimum absolute atomic E-state index is 0.0311.